The summed E-state index contributed by atoms with van der Waals surface area (Å²) in [5.74, 6) is -2.26. The Morgan fingerprint density at radius 1 is 0.957 bits per heavy atom. The van der Waals surface area contributed by atoms with Gasteiger partial charge in [0.2, 0.25) is 11.8 Å². The van der Waals surface area contributed by atoms with Crippen molar-refractivity contribution in [2.45, 2.75) is 89.0 Å². The van der Waals surface area contributed by atoms with E-state index in [9.17, 15) is 24.3 Å². The van der Waals surface area contributed by atoms with Crippen molar-refractivity contribution < 1.29 is 29.0 Å². The molecule has 0 radical (unpaired) electrons. The molecule has 0 saturated heterocycles. The largest absolute Gasteiger partial charge is 0.443 e. The summed E-state index contributed by atoms with van der Waals surface area (Å²) in [4.78, 5) is 56.4. The number of hydrogen-bond donors (Lipinski definition) is 6. The number of carbonyl (C=O) groups excluding carboxylic acids is 4. The van der Waals surface area contributed by atoms with Gasteiger partial charge in [0, 0.05) is 11.9 Å². The molecule has 252 valence electrons. The van der Waals surface area contributed by atoms with Crippen LogP contribution in [0.5, 0.6) is 0 Å². The monoisotopic (exact) mass is 646 g/mol. The van der Waals surface area contributed by atoms with Gasteiger partial charge in [-0.05, 0) is 63.6 Å². The van der Waals surface area contributed by atoms with E-state index < -0.39 is 53.5 Å². The van der Waals surface area contributed by atoms with Crippen molar-refractivity contribution in [3.05, 3.63) is 78.0 Å². The average Bonchev–Trinajstić information content (AvgIpc) is 3.03. The molecule has 1 fully saturated rings. The Kier molecular flexibility index (Phi) is 11.9. The molecule has 1 heterocycles. The number of aliphatic hydroxyl groups is 1. The number of carbonyl (C=O) groups is 4. The summed E-state index contributed by atoms with van der Waals surface area (Å²) in [6.45, 7) is 5.09. The van der Waals surface area contributed by atoms with Crippen molar-refractivity contribution in [2.75, 3.05) is 6.54 Å². The lowest BCUT2D eigenvalue weighted by molar-refractivity contribution is -0.131. The number of pyridine rings is 1. The third-order valence-corrected chi connectivity index (χ3v) is 8.37. The van der Waals surface area contributed by atoms with Crippen molar-refractivity contribution in [3.63, 3.8) is 0 Å². The van der Waals surface area contributed by atoms with Crippen LogP contribution in [0.3, 0.4) is 0 Å². The molecule has 4 rings (SSSR count). The smallest absolute Gasteiger partial charge is 0.422 e. The summed E-state index contributed by atoms with van der Waals surface area (Å²) in [5, 5.41) is 18.5. The second kappa shape index (κ2) is 15.8. The average molecular weight is 647 g/mol. The lowest BCUT2D eigenvalue weighted by Gasteiger charge is -2.47. The third kappa shape index (κ3) is 9.97. The first-order valence-corrected chi connectivity index (χ1v) is 16.1. The fraction of sp³-hybridized carbons (Fsp3) is 0.457. The maximum atomic E-state index is 14.2. The van der Waals surface area contributed by atoms with E-state index in [-0.39, 0.29) is 24.6 Å². The molecule has 1 aromatic heterocycles. The molecule has 1 aliphatic rings. The highest BCUT2D eigenvalue weighted by atomic mass is 16.6. The highest BCUT2D eigenvalue weighted by molar-refractivity contribution is 5.99. The maximum Gasteiger partial charge on any atom is 0.422 e. The number of amides is 4. The van der Waals surface area contributed by atoms with E-state index in [4.69, 9.17) is 10.5 Å². The second-order valence-corrected chi connectivity index (χ2v) is 13.1. The molecule has 0 unspecified atom stereocenters. The van der Waals surface area contributed by atoms with E-state index in [0.717, 1.165) is 43.1 Å². The SMILES string of the molecule is CC(C)(C)OC(=O)NNC[C@H](O)[C@@](Cc1ccccc1)(NC(=O)[C@H](CC(N)=O)NC(=O)c1ccc2ccccc2n1)C1CCCCC1. The van der Waals surface area contributed by atoms with Crippen LogP contribution in [0.1, 0.15) is 75.3 Å². The Morgan fingerprint density at radius 3 is 2.32 bits per heavy atom. The van der Waals surface area contributed by atoms with Crippen LogP contribution in [0.25, 0.3) is 10.9 Å². The summed E-state index contributed by atoms with van der Waals surface area (Å²) in [6.07, 6.45) is 2.16. The van der Waals surface area contributed by atoms with E-state index in [0.29, 0.717) is 5.52 Å². The van der Waals surface area contributed by atoms with Gasteiger partial charge in [0.05, 0.1) is 23.6 Å². The van der Waals surface area contributed by atoms with E-state index in [1.54, 1.807) is 45.0 Å². The van der Waals surface area contributed by atoms with Crippen LogP contribution in [0.2, 0.25) is 0 Å². The van der Waals surface area contributed by atoms with Gasteiger partial charge in [-0.25, -0.2) is 15.2 Å². The Balaban J connectivity index is 1.63. The number of para-hydroxylation sites is 1. The number of fused-ring (bicyclic) bond motifs is 1. The van der Waals surface area contributed by atoms with E-state index >= 15 is 0 Å². The summed E-state index contributed by atoms with van der Waals surface area (Å²) >= 11 is 0. The molecule has 0 spiro atoms. The molecule has 4 amide bonds. The number of hydrogen-bond acceptors (Lipinski definition) is 8. The molecular weight excluding hydrogens is 600 g/mol. The molecule has 47 heavy (non-hydrogen) atoms. The number of benzene rings is 2. The van der Waals surface area contributed by atoms with Gasteiger partial charge in [-0.3, -0.25) is 19.8 Å². The third-order valence-electron chi connectivity index (χ3n) is 8.37. The van der Waals surface area contributed by atoms with Crippen molar-refractivity contribution in [3.8, 4) is 0 Å². The van der Waals surface area contributed by atoms with Gasteiger partial charge in [-0.1, -0.05) is 73.9 Å². The summed E-state index contributed by atoms with van der Waals surface area (Å²) in [6, 6.07) is 18.7. The Bertz CT molecular complexity index is 1540. The molecule has 0 aliphatic heterocycles. The van der Waals surface area contributed by atoms with Crippen molar-refractivity contribution in [1.82, 2.24) is 26.5 Å². The van der Waals surface area contributed by atoms with Crippen molar-refractivity contribution in [2.24, 2.45) is 11.7 Å². The first-order valence-electron chi connectivity index (χ1n) is 16.1. The Hall–Kier alpha value is -4.55. The normalized spacial score (nSPS) is 16.3. The van der Waals surface area contributed by atoms with Crippen LogP contribution in [0, 0.1) is 5.92 Å². The Labute approximate surface area is 275 Å². The number of nitrogens with zero attached hydrogens (tertiary/aromatic N) is 1. The zero-order valence-corrected chi connectivity index (χ0v) is 27.3. The molecule has 3 aromatic rings. The highest BCUT2D eigenvalue weighted by Crippen LogP contribution is 2.37. The minimum absolute atomic E-state index is 0.0752. The molecule has 1 saturated carbocycles. The van der Waals surface area contributed by atoms with Gasteiger partial charge < -0.3 is 26.2 Å². The molecular formula is C35H46N6O6. The summed E-state index contributed by atoms with van der Waals surface area (Å²) in [7, 11) is 0. The van der Waals surface area contributed by atoms with Gasteiger partial charge in [-0.15, -0.1) is 0 Å². The zero-order chi connectivity index (χ0) is 34.0. The van der Waals surface area contributed by atoms with Crippen LogP contribution in [0.4, 0.5) is 4.79 Å². The number of nitrogens with two attached hydrogens (primary N) is 1. The topological polar surface area (TPSA) is 185 Å². The number of primary amides is 1. The van der Waals surface area contributed by atoms with Crippen molar-refractivity contribution in [1.29, 1.82) is 0 Å². The van der Waals surface area contributed by atoms with Crippen LogP contribution in [-0.2, 0) is 20.7 Å². The summed E-state index contributed by atoms with van der Waals surface area (Å²) < 4.78 is 5.29. The fourth-order valence-electron chi connectivity index (χ4n) is 6.17. The predicted octanol–water partition coefficient (Wildman–Crippen LogP) is 3.28. The molecule has 12 nitrogen and oxygen atoms in total. The van der Waals surface area contributed by atoms with Gasteiger partial charge in [-0.2, -0.15) is 0 Å². The second-order valence-electron chi connectivity index (χ2n) is 13.1. The van der Waals surface area contributed by atoms with E-state index in [1.165, 1.54) is 0 Å². The number of aromatic nitrogens is 1. The van der Waals surface area contributed by atoms with Gasteiger partial charge in [0.1, 0.15) is 17.3 Å². The first kappa shape index (κ1) is 35.3. The molecule has 0 bridgehead atoms. The quantitative estimate of drug-likeness (QED) is 0.153. The van der Waals surface area contributed by atoms with Crippen LogP contribution < -0.4 is 27.2 Å². The first-order chi connectivity index (χ1) is 22.4. The van der Waals surface area contributed by atoms with Gasteiger partial charge >= 0.3 is 6.09 Å². The summed E-state index contributed by atoms with van der Waals surface area (Å²) in [5.41, 5.74) is 10.3. The highest BCUT2D eigenvalue weighted by Gasteiger charge is 2.47. The lowest BCUT2D eigenvalue weighted by atomic mass is 9.68. The number of hydrazine groups is 1. The number of ether oxygens (including phenoxy) is 1. The zero-order valence-electron chi connectivity index (χ0n) is 27.3. The standard InChI is InChI=1S/C35H46N6O6/c1-34(2,3)47-33(46)41-37-22-29(42)35(25-15-8-5-9-16-25,21-23-12-6-4-7-13-23)40-32(45)28(20-30(36)43)39-31(44)27-19-18-24-14-10-11-17-26(24)38-27/h4,6-7,10-14,17-19,25,28-29,37,42H,5,8-9,15-16,20-22H2,1-3H3,(H2,36,43)(H,39,44)(H,40,45)(H,41,46)/t28-,29-,35-/m0/s1. The molecule has 12 heteroatoms. The molecule has 1 aliphatic carbocycles. The number of aliphatic hydroxyl groups excluding tert-OH is 1. The predicted molar refractivity (Wildman–Crippen MR) is 178 cm³/mol. The van der Waals surface area contributed by atoms with Gasteiger partial charge in [0.15, 0.2) is 0 Å². The fourth-order valence-corrected chi connectivity index (χ4v) is 6.17. The minimum Gasteiger partial charge on any atom is -0.443 e. The number of nitrogens with one attached hydrogen (secondary N) is 4. The van der Waals surface area contributed by atoms with E-state index in [1.807, 2.05) is 42.5 Å². The molecule has 3 atom stereocenters. The maximum absolute atomic E-state index is 14.2. The molecule has 2 aromatic carbocycles. The van der Waals surface area contributed by atoms with Gasteiger partial charge in [0.25, 0.3) is 5.91 Å². The van der Waals surface area contributed by atoms with Crippen LogP contribution >= 0.6 is 0 Å². The number of rotatable bonds is 13. The lowest BCUT2D eigenvalue weighted by Crippen LogP contribution is -2.68. The van der Waals surface area contributed by atoms with Crippen LogP contribution in [-0.4, -0.2) is 63.7 Å². The Morgan fingerprint density at radius 2 is 1.64 bits per heavy atom. The molecule has 7 N–H and O–H groups in total. The van der Waals surface area contributed by atoms with Crippen LogP contribution in [0.15, 0.2) is 66.7 Å². The van der Waals surface area contributed by atoms with Crippen molar-refractivity contribution >= 4 is 34.7 Å². The van der Waals surface area contributed by atoms with E-state index in [2.05, 4.69) is 26.5 Å². The minimum atomic E-state index is -1.34.